The van der Waals surface area contributed by atoms with Gasteiger partial charge in [0, 0.05) is 10.8 Å². The van der Waals surface area contributed by atoms with E-state index >= 15 is 0 Å². The molecule has 5 nitrogen and oxygen atoms in total. The van der Waals surface area contributed by atoms with Gasteiger partial charge in [0.05, 0.1) is 33.9 Å². The predicted molar refractivity (Wildman–Crippen MR) is 82.2 cm³/mol. The number of esters is 2. The minimum Gasteiger partial charge on any atom is -0.466 e. The van der Waals surface area contributed by atoms with Crippen molar-refractivity contribution in [3.8, 4) is 0 Å². The molecule has 0 fully saturated rings. The lowest BCUT2D eigenvalue weighted by Gasteiger charge is -2.35. The van der Waals surface area contributed by atoms with Crippen LogP contribution < -0.4 is 0 Å². The van der Waals surface area contributed by atoms with Gasteiger partial charge < -0.3 is 14.0 Å². The average Bonchev–Trinajstić information content (AvgIpc) is 2.34. The largest absolute Gasteiger partial charge is 0.466 e. The van der Waals surface area contributed by atoms with Crippen LogP contribution in [0.1, 0.15) is 26.7 Å². The number of hydrogen-bond donors (Lipinski definition) is 0. The zero-order valence-electron chi connectivity index (χ0n) is 12.3. The molecule has 0 spiro atoms. The smallest absolute Gasteiger partial charge is 0.365 e. The Morgan fingerprint density at radius 2 is 1.74 bits per heavy atom. The van der Waals surface area contributed by atoms with Gasteiger partial charge >= 0.3 is 11.9 Å². The zero-order chi connectivity index (χ0) is 14.9. The van der Waals surface area contributed by atoms with Gasteiger partial charge in [-0.1, -0.05) is 22.6 Å². The summed E-state index contributed by atoms with van der Waals surface area (Å²) in [6.45, 7) is 5.00. The summed E-state index contributed by atoms with van der Waals surface area (Å²) < 4.78 is 11.5. The maximum atomic E-state index is 12.0. The van der Waals surface area contributed by atoms with Crippen LogP contribution in [-0.2, 0) is 19.1 Å². The molecule has 0 N–H and O–H groups in total. The molecule has 19 heavy (non-hydrogen) atoms. The summed E-state index contributed by atoms with van der Waals surface area (Å²) in [7, 11) is 3.90. The maximum absolute atomic E-state index is 12.0. The number of carbonyl (C=O) groups excluding carboxylic acids is 2. The molecule has 0 rings (SSSR count). The monoisotopic (exact) mass is 386 g/mol. The first-order chi connectivity index (χ1) is 8.88. The third-order valence-corrected chi connectivity index (χ3v) is 3.70. The first-order valence-electron chi connectivity index (χ1n) is 6.59. The number of quaternary nitrogens is 1. The highest BCUT2D eigenvalue weighted by Gasteiger charge is 2.38. The SMILES string of the molecule is CCOC(=O)CC(C(=O)OCC)[N+](C)(C)CCCI. The van der Waals surface area contributed by atoms with E-state index in [2.05, 4.69) is 22.6 Å². The first-order valence-corrected chi connectivity index (χ1v) is 8.12. The van der Waals surface area contributed by atoms with E-state index in [4.69, 9.17) is 9.47 Å². The number of hydrogen-bond acceptors (Lipinski definition) is 4. The summed E-state index contributed by atoms with van der Waals surface area (Å²) in [5, 5.41) is 0. The fourth-order valence-electron chi connectivity index (χ4n) is 1.86. The van der Waals surface area contributed by atoms with Crippen molar-refractivity contribution in [2.24, 2.45) is 0 Å². The standard InChI is InChI=1S/C13H25INO4/c1-5-18-12(16)10-11(13(17)19-6-2)15(3,4)9-7-8-14/h11H,5-10H2,1-4H3/q+1. The molecule has 0 amide bonds. The molecule has 0 radical (unpaired) electrons. The molecule has 6 heteroatoms. The van der Waals surface area contributed by atoms with Crippen molar-refractivity contribution in [2.75, 3.05) is 38.3 Å². The van der Waals surface area contributed by atoms with Gasteiger partial charge in [-0.2, -0.15) is 0 Å². The Morgan fingerprint density at radius 1 is 1.16 bits per heavy atom. The Balaban J connectivity index is 4.83. The lowest BCUT2D eigenvalue weighted by molar-refractivity contribution is -0.906. The number of nitrogens with zero attached hydrogens (tertiary/aromatic N) is 1. The molecule has 0 saturated heterocycles. The third kappa shape index (κ3) is 7.10. The molecule has 0 aromatic rings. The van der Waals surface area contributed by atoms with Crippen molar-refractivity contribution in [3.05, 3.63) is 0 Å². The summed E-state index contributed by atoms with van der Waals surface area (Å²) in [5.74, 6) is -0.671. The molecule has 0 heterocycles. The van der Waals surface area contributed by atoms with Crippen LogP contribution in [0.5, 0.6) is 0 Å². The number of carbonyl (C=O) groups is 2. The Morgan fingerprint density at radius 3 is 2.21 bits per heavy atom. The number of halogens is 1. The lowest BCUT2D eigenvalue weighted by Crippen LogP contribution is -2.55. The molecule has 1 unspecified atom stereocenters. The molecule has 0 aliphatic carbocycles. The maximum Gasteiger partial charge on any atom is 0.365 e. The molecule has 1 atom stereocenters. The zero-order valence-corrected chi connectivity index (χ0v) is 14.4. The number of alkyl halides is 1. The molecule has 0 bridgehead atoms. The average molecular weight is 386 g/mol. The second-order valence-electron chi connectivity index (χ2n) is 4.82. The minimum absolute atomic E-state index is 0.0704. The van der Waals surface area contributed by atoms with E-state index in [1.165, 1.54) is 0 Å². The van der Waals surface area contributed by atoms with E-state index in [1.807, 2.05) is 14.1 Å². The van der Waals surface area contributed by atoms with Gasteiger partial charge in [-0.25, -0.2) is 4.79 Å². The Labute approximate surface area is 129 Å². The Kier molecular flexibility index (Phi) is 9.34. The Hall–Kier alpha value is -0.370. The highest BCUT2D eigenvalue weighted by atomic mass is 127. The fraction of sp³-hybridized carbons (Fsp3) is 0.846. The van der Waals surface area contributed by atoms with Crippen LogP contribution in [0.25, 0.3) is 0 Å². The number of rotatable bonds is 9. The molecular weight excluding hydrogens is 361 g/mol. The van der Waals surface area contributed by atoms with Crippen molar-refractivity contribution in [1.82, 2.24) is 0 Å². The quantitative estimate of drug-likeness (QED) is 0.262. The summed E-state index contributed by atoms with van der Waals surface area (Å²) >= 11 is 2.31. The summed E-state index contributed by atoms with van der Waals surface area (Å²) in [5.41, 5.74) is 0. The third-order valence-electron chi connectivity index (χ3n) is 2.94. The van der Waals surface area contributed by atoms with Gasteiger partial charge in [0.2, 0.25) is 0 Å². The van der Waals surface area contributed by atoms with Crippen LogP contribution in [0.4, 0.5) is 0 Å². The Bertz CT molecular complexity index is 294. The molecule has 112 valence electrons. The molecule has 0 saturated carbocycles. The van der Waals surface area contributed by atoms with Crippen LogP contribution >= 0.6 is 22.6 Å². The minimum atomic E-state index is -0.498. The van der Waals surface area contributed by atoms with E-state index in [0.717, 1.165) is 17.4 Å². The fourth-order valence-corrected chi connectivity index (χ4v) is 2.20. The highest BCUT2D eigenvalue weighted by Crippen LogP contribution is 2.15. The van der Waals surface area contributed by atoms with Crippen molar-refractivity contribution < 1.29 is 23.5 Å². The van der Waals surface area contributed by atoms with E-state index < -0.39 is 6.04 Å². The van der Waals surface area contributed by atoms with Gasteiger partial charge in [-0.15, -0.1) is 0 Å². The second-order valence-corrected chi connectivity index (χ2v) is 5.90. The lowest BCUT2D eigenvalue weighted by atomic mass is 10.1. The second kappa shape index (κ2) is 9.52. The van der Waals surface area contributed by atoms with Gasteiger partial charge in [0.1, 0.15) is 6.42 Å². The van der Waals surface area contributed by atoms with Crippen molar-refractivity contribution in [2.45, 2.75) is 32.7 Å². The molecule has 0 aromatic carbocycles. The highest BCUT2D eigenvalue weighted by molar-refractivity contribution is 14.1. The molecule has 0 aromatic heterocycles. The van der Waals surface area contributed by atoms with Gasteiger partial charge in [0.25, 0.3) is 0 Å². The van der Waals surface area contributed by atoms with Crippen molar-refractivity contribution >= 4 is 34.5 Å². The summed E-state index contributed by atoms with van der Waals surface area (Å²) in [6.07, 6.45) is 1.06. The normalized spacial score (nSPS) is 12.9. The van der Waals surface area contributed by atoms with E-state index in [0.29, 0.717) is 17.7 Å². The first kappa shape index (κ1) is 18.6. The van der Waals surface area contributed by atoms with E-state index in [-0.39, 0.29) is 18.4 Å². The van der Waals surface area contributed by atoms with Crippen LogP contribution in [0.15, 0.2) is 0 Å². The summed E-state index contributed by atoms with van der Waals surface area (Å²) in [6, 6.07) is -0.498. The van der Waals surface area contributed by atoms with Crippen molar-refractivity contribution in [1.29, 1.82) is 0 Å². The number of ether oxygens (including phenoxy) is 2. The number of likely N-dealkylation sites (N-methyl/N-ethyl adjacent to an activating group) is 1. The topological polar surface area (TPSA) is 52.6 Å². The van der Waals surface area contributed by atoms with Gasteiger partial charge in [-0.3, -0.25) is 4.79 Å². The van der Waals surface area contributed by atoms with Crippen LogP contribution in [-0.4, -0.2) is 60.7 Å². The van der Waals surface area contributed by atoms with Crippen LogP contribution in [0, 0.1) is 0 Å². The van der Waals surface area contributed by atoms with E-state index in [9.17, 15) is 9.59 Å². The molecule has 0 aliphatic rings. The van der Waals surface area contributed by atoms with Gasteiger partial charge in [-0.05, 0) is 13.8 Å². The predicted octanol–water partition coefficient (Wildman–Crippen LogP) is 1.77. The van der Waals surface area contributed by atoms with E-state index in [1.54, 1.807) is 13.8 Å². The van der Waals surface area contributed by atoms with Crippen molar-refractivity contribution in [3.63, 3.8) is 0 Å². The van der Waals surface area contributed by atoms with Crippen LogP contribution in [0.3, 0.4) is 0 Å². The molecular formula is C13H25INO4+. The summed E-state index contributed by atoms with van der Waals surface area (Å²) in [4.78, 5) is 23.7. The molecule has 0 aliphatic heterocycles. The van der Waals surface area contributed by atoms with Crippen LogP contribution in [0.2, 0.25) is 0 Å². The van der Waals surface area contributed by atoms with Gasteiger partial charge in [0.15, 0.2) is 6.04 Å².